The summed E-state index contributed by atoms with van der Waals surface area (Å²) in [6.45, 7) is -0.0574. The van der Waals surface area contributed by atoms with Crippen molar-refractivity contribution in [1.82, 2.24) is 9.88 Å². The number of amides is 1. The van der Waals surface area contributed by atoms with Crippen molar-refractivity contribution in [2.45, 2.75) is 0 Å². The summed E-state index contributed by atoms with van der Waals surface area (Å²) in [5.74, 6) is -0.649. The van der Waals surface area contributed by atoms with Gasteiger partial charge in [-0.3, -0.25) is 9.59 Å². The average molecular weight is 246 g/mol. The van der Waals surface area contributed by atoms with Crippen LogP contribution in [-0.4, -0.2) is 42.5 Å². The van der Waals surface area contributed by atoms with E-state index in [1.54, 1.807) is 19.2 Å². The zero-order valence-electron chi connectivity index (χ0n) is 10.3. The molecule has 1 amide bonds. The minimum atomic E-state index is -0.438. The second-order valence-corrected chi connectivity index (χ2v) is 4.02. The number of esters is 1. The molecule has 0 spiro atoms. The van der Waals surface area contributed by atoms with Crippen molar-refractivity contribution in [3.63, 3.8) is 0 Å². The van der Waals surface area contributed by atoms with Gasteiger partial charge in [0.25, 0.3) is 5.91 Å². The van der Waals surface area contributed by atoms with Crippen molar-refractivity contribution in [1.29, 1.82) is 0 Å². The first-order valence-electron chi connectivity index (χ1n) is 5.51. The van der Waals surface area contributed by atoms with E-state index in [4.69, 9.17) is 0 Å². The topological polar surface area (TPSA) is 62.4 Å². The highest BCUT2D eigenvalue weighted by molar-refractivity contribution is 5.98. The summed E-state index contributed by atoms with van der Waals surface area (Å²) in [6.07, 6.45) is 1.82. The molecular formula is C13H14N2O3. The van der Waals surface area contributed by atoms with E-state index in [9.17, 15) is 9.59 Å². The fourth-order valence-electron chi connectivity index (χ4n) is 1.73. The highest BCUT2D eigenvalue weighted by Gasteiger charge is 2.15. The van der Waals surface area contributed by atoms with Crippen LogP contribution in [0.5, 0.6) is 0 Å². The summed E-state index contributed by atoms with van der Waals surface area (Å²) < 4.78 is 4.53. The second kappa shape index (κ2) is 4.91. The van der Waals surface area contributed by atoms with Crippen molar-refractivity contribution in [3.8, 4) is 0 Å². The smallest absolute Gasteiger partial charge is 0.325 e. The predicted molar refractivity (Wildman–Crippen MR) is 67.3 cm³/mol. The van der Waals surface area contributed by atoms with Crippen LogP contribution < -0.4 is 0 Å². The second-order valence-electron chi connectivity index (χ2n) is 4.02. The summed E-state index contributed by atoms with van der Waals surface area (Å²) in [7, 11) is 2.86. The Bertz CT molecular complexity index is 589. The number of nitrogens with zero attached hydrogens (tertiary/aromatic N) is 1. The van der Waals surface area contributed by atoms with Crippen LogP contribution in [0.2, 0.25) is 0 Å². The number of hydrogen-bond donors (Lipinski definition) is 1. The lowest BCUT2D eigenvalue weighted by Crippen LogP contribution is -2.32. The number of rotatable bonds is 3. The van der Waals surface area contributed by atoms with Gasteiger partial charge in [-0.25, -0.2) is 0 Å². The van der Waals surface area contributed by atoms with Gasteiger partial charge in [-0.05, 0) is 23.6 Å². The first-order valence-corrected chi connectivity index (χ1v) is 5.51. The molecule has 1 aromatic carbocycles. The number of methoxy groups -OCH3 is 1. The first-order chi connectivity index (χ1) is 8.61. The third-order valence-electron chi connectivity index (χ3n) is 2.74. The van der Waals surface area contributed by atoms with Crippen LogP contribution in [-0.2, 0) is 9.53 Å². The molecule has 1 N–H and O–H groups in total. The molecule has 94 valence electrons. The maximum atomic E-state index is 12.1. The van der Waals surface area contributed by atoms with Crippen molar-refractivity contribution in [2.24, 2.45) is 0 Å². The highest BCUT2D eigenvalue weighted by atomic mass is 16.5. The summed E-state index contributed by atoms with van der Waals surface area (Å²) in [5.41, 5.74) is 1.43. The van der Waals surface area contributed by atoms with Gasteiger partial charge >= 0.3 is 5.97 Å². The molecule has 0 unspecified atom stereocenters. The molecule has 0 atom stereocenters. The van der Waals surface area contributed by atoms with Crippen LogP contribution in [0.15, 0.2) is 30.5 Å². The number of hydrogen-bond acceptors (Lipinski definition) is 3. The third kappa shape index (κ3) is 2.34. The Hall–Kier alpha value is -2.30. The number of ether oxygens (including phenoxy) is 1. The Morgan fingerprint density at radius 3 is 2.83 bits per heavy atom. The van der Waals surface area contributed by atoms with E-state index < -0.39 is 5.97 Å². The number of carbonyl (C=O) groups is 2. The van der Waals surface area contributed by atoms with E-state index in [2.05, 4.69) is 9.72 Å². The number of nitrogens with one attached hydrogen (secondary N) is 1. The summed E-state index contributed by atoms with van der Waals surface area (Å²) in [5, 5.41) is 1.04. The van der Waals surface area contributed by atoms with E-state index in [0.29, 0.717) is 5.56 Å². The molecule has 0 saturated heterocycles. The lowest BCUT2D eigenvalue weighted by Gasteiger charge is -2.15. The number of fused-ring (bicyclic) bond motifs is 1. The standard InChI is InChI=1S/C13H14N2O3/c1-15(8-12(16)18-2)13(17)10-4-3-9-5-6-14-11(9)7-10/h3-7,14H,8H2,1-2H3. The van der Waals surface area contributed by atoms with Crippen LogP contribution in [0.3, 0.4) is 0 Å². The van der Waals surface area contributed by atoms with Gasteiger partial charge in [0.15, 0.2) is 0 Å². The van der Waals surface area contributed by atoms with Crippen LogP contribution in [0.1, 0.15) is 10.4 Å². The molecule has 0 bridgehead atoms. The largest absolute Gasteiger partial charge is 0.468 e. The van der Waals surface area contributed by atoms with E-state index in [0.717, 1.165) is 10.9 Å². The fraction of sp³-hybridized carbons (Fsp3) is 0.231. The SMILES string of the molecule is COC(=O)CN(C)C(=O)c1ccc2cc[nH]c2c1. The Balaban J connectivity index is 2.19. The van der Waals surface area contributed by atoms with Crippen molar-refractivity contribution < 1.29 is 14.3 Å². The van der Waals surface area contributed by atoms with Gasteiger partial charge in [-0.2, -0.15) is 0 Å². The van der Waals surface area contributed by atoms with Gasteiger partial charge < -0.3 is 14.6 Å². The monoisotopic (exact) mass is 246 g/mol. The zero-order valence-corrected chi connectivity index (χ0v) is 10.3. The van der Waals surface area contributed by atoms with Crippen molar-refractivity contribution >= 4 is 22.8 Å². The number of aromatic amines is 1. The molecule has 2 rings (SSSR count). The number of benzene rings is 1. The van der Waals surface area contributed by atoms with Crippen molar-refractivity contribution in [2.75, 3.05) is 20.7 Å². The minimum Gasteiger partial charge on any atom is -0.468 e. The Morgan fingerprint density at radius 1 is 1.33 bits per heavy atom. The quantitative estimate of drug-likeness (QED) is 0.833. The van der Waals surface area contributed by atoms with Crippen LogP contribution in [0.4, 0.5) is 0 Å². The average Bonchev–Trinajstić information content (AvgIpc) is 2.84. The predicted octanol–water partition coefficient (Wildman–Crippen LogP) is 1.41. The third-order valence-corrected chi connectivity index (χ3v) is 2.74. The molecule has 0 radical (unpaired) electrons. The molecular weight excluding hydrogens is 232 g/mol. The van der Waals surface area contributed by atoms with Gasteiger partial charge in [0.1, 0.15) is 6.54 Å². The van der Waals surface area contributed by atoms with Gasteiger partial charge in [0.2, 0.25) is 0 Å². The Morgan fingerprint density at radius 2 is 2.11 bits per heavy atom. The Labute approximate surface area is 104 Å². The fourth-order valence-corrected chi connectivity index (χ4v) is 1.73. The van der Waals surface area contributed by atoms with Gasteiger partial charge in [-0.15, -0.1) is 0 Å². The molecule has 1 heterocycles. The molecule has 0 saturated carbocycles. The van der Waals surface area contributed by atoms with E-state index in [1.165, 1.54) is 12.0 Å². The van der Waals surface area contributed by atoms with Crippen LogP contribution in [0, 0.1) is 0 Å². The number of H-pyrrole nitrogens is 1. The van der Waals surface area contributed by atoms with Gasteiger partial charge in [0.05, 0.1) is 7.11 Å². The zero-order chi connectivity index (χ0) is 13.1. The highest BCUT2D eigenvalue weighted by Crippen LogP contribution is 2.15. The molecule has 5 nitrogen and oxygen atoms in total. The summed E-state index contributed by atoms with van der Waals surface area (Å²) in [6, 6.07) is 7.31. The van der Waals surface area contributed by atoms with E-state index in [1.807, 2.05) is 18.3 Å². The normalized spacial score (nSPS) is 10.3. The molecule has 18 heavy (non-hydrogen) atoms. The molecule has 5 heteroatoms. The maximum absolute atomic E-state index is 12.1. The number of carbonyl (C=O) groups excluding carboxylic acids is 2. The molecule has 2 aromatic rings. The summed E-state index contributed by atoms with van der Waals surface area (Å²) >= 11 is 0. The van der Waals surface area contributed by atoms with Crippen LogP contribution in [0.25, 0.3) is 10.9 Å². The molecule has 0 aliphatic rings. The molecule has 0 aliphatic heterocycles. The van der Waals surface area contributed by atoms with E-state index in [-0.39, 0.29) is 12.5 Å². The van der Waals surface area contributed by atoms with Gasteiger partial charge in [0, 0.05) is 24.3 Å². The van der Waals surface area contributed by atoms with Crippen LogP contribution >= 0.6 is 0 Å². The first kappa shape index (κ1) is 12.2. The lowest BCUT2D eigenvalue weighted by atomic mass is 10.1. The summed E-state index contributed by atoms with van der Waals surface area (Å²) in [4.78, 5) is 27.5. The number of likely N-dealkylation sites (N-methyl/N-ethyl adjacent to an activating group) is 1. The minimum absolute atomic E-state index is 0.0574. The molecule has 1 aromatic heterocycles. The Kier molecular flexibility index (Phi) is 3.32. The maximum Gasteiger partial charge on any atom is 0.325 e. The van der Waals surface area contributed by atoms with Gasteiger partial charge in [-0.1, -0.05) is 6.07 Å². The molecule has 0 fully saturated rings. The number of aromatic nitrogens is 1. The van der Waals surface area contributed by atoms with Crippen molar-refractivity contribution in [3.05, 3.63) is 36.0 Å². The van der Waals surface area contributed by atoms with E-state index >= 15 is 0 Å². The molecule has 0 aliphatic carbocycles. The lowest BCUT2D eigenvalue weighted by molar-refractivity contribution is -0.141.